The Bertz CT molecular complexity index is 526. The number of aliphatic hydroxyl groups is 1. The summed E-state index contributed by atoms with van der Waals surface area (Å²) < 4.78 is 0. The Hall–Kier alpha value is -1.88. The second-order valence-corrected chi connectivity index (χ2v) is 5.85. The molecule has 0 aliphatic heterocycles. The first-order chi connectivity index (χ1) is 10.6. The standard InChI is InChI=1S/C17H24N2O3/c1-12-5-2-3-6-14(12)15(20)11-19-16(21)7-4-10-18-17(22)13-8-9-13/h2-3,5-6,13,15,20H,4,7-11H2,1H3,(H,18,22)(H,19,21). The lowest BCUT2D eigenvalue weighted by molar-refractivity contribution is -0.123. The molecule has 2 rings (SSSR count). The van der Waals surface area contributed by atoms with E-state index in [1.165, 1.54) is 0 Å². The molecule has 22 heavy (non-hydrogen) atoms. The predicted molar refractivity (Wildman–Crippen MR) is 84.1 cm³/mol. The third kappa shape index (κ3) is 5.15. The van der Waals surface area contributed by atoms with Crippen LogP contribution in [0.2, 0.25) is 0 Å². The van der Waals surface area contributed by atoms with Crippen LogP contribution in [-0.4, -0.2) is 30.0 Å². The zero-order valence-electron chi connectivity index (χ0n) is 13.0. The Morgan fingerprint density at radius 1 is 1.27 bits per heavy atom. The molecular formula is C17H24N2O3. The molecule has 120 valence electrons. The summed E-state index contributed by atoms with van der Waals surface area (Å²) in [6, 6.07) is 7.58. The molecule has 3 N–H and O–H groups in total. The molecule has 0 aromatic heterocycles. The Morgan fingerprint density at radius 2 is 2.00 bits per heavy atom. The number of carbonyl (C=O) groups is 2. The fourth-order valence-corrected chi connectivity index (χ4v) is 2.32. The lowest BCUT2D eigenvalue weighted by Crippen LogP contribution is -2.30. The van der Waals surface area contributed by atoms with Crippen molar-refractivity contribution in [3.8, 4) is 0 Å². The van der Waals surface area contributed by atoms with Gasteiger partial charge in [0.05, 0.1) is 6.10 Å². The van der Waals surface area contributed by atoms with E-state index >= 15 is 0 Å². The molecule has 0 spiro atoms. The van der Waals surface area contributed by atoms with E-state index in [2.05, 4.69) is 10.6 Å². The van der Waals surface area contributed by atoms with Crippen LogP contribution in [0.15, 0.2) is 24.3 Å². The van der Waals surface area contributed by atoms with Crippen molar-refractivity contribution in [1.82, 2.24) is 10.6 Å². The van der Waals surface area contributed by atoms with Crippen LogP contribution in [0.5, 0.6) is 0 Å². The molecule has 0 heterocycles. The van der Waals surface area contributed by atoms with Gasteiger partial charge in [-0.3, -0.25) is 9.59 Å². The highest BCUT2D eigenvalue weighted by atomic mass is 16.3. The van der Waals surface area contributed by atoms with E-state index in [1.807, 2.05) is 31.2 Å². The first kappa shape index (κ1) is 16.5. The van der Waals surface area contributed by atoms with Crippen LogP contribution in [0.4, 0.5) is 0 Å². The van der Waals surface area contributed by atoms with Crippen LogP contribution in [0.1, 0.15) is 42.9 Å². The average molecular weight is 304 g/mol. The van der Waals surface area contributed by atoms with Crippen LogP contribution >= 0.6 is 0 Å². The van der Waals surface area contributed by atoms with Crippen LogP contribution in [0.25, 0.3) is 0 Å². The van der Waals surface area contributed by atoms with Gasteiger partial charge < -0.3 is 15.7 Å². The minimum atomic E-state index is -0.695. The van der Waals surface area contributed by atoms with E-state index in [1.54, 1.807) is 0 Å². The third-order valence-electron chi connectivity index (χ3n) is 3.87. The number of hydrogen-bond donors (Lipinski definition) is 3. The normalized spacial score (nSPS) is 15.2. The average Bonchev–Trinajstić information content (AvgIpc) is 3.34. The summed E-state index contributed by atoms with van der Waals surface area (Å²) in [6.07, 6.45) is 2.25. The van der Waals surface area contributed by atoms with E-state index in [0.717, 1.165) is 24.0 Å². The van der Waals surface area contributed by atoms with Crippen molar-refractivity contribution in [2.24, 2.45) is 5.92 Å². The van der Waals surface area contributed by atoms with Crippen molar-refractivity contribution in [2.45, 2.75) is 38.7 Å². The molecule has 0 bridgehead atoms. The van der Waals surface area contributed by atoms with Crippen molar-refractivity contribution in [3.63, 3.8) is 0 Å². The Balaban J connectivity index is 1.60. The maximum absolute atomic E-state index is 11.7. The SMILES string of the molecule is Cc1ccccc1C(O)CNC(=O)CCCNC(=O)C1CC1. The second kappa shape index (κ2) is 7.94. The van der Waals surface area contributed by atoms with Crippen molar-refractivity contribution in [2.75, 3.05) is 13.1 Å². The summed E-state index contributed by atoms with van der Waals surface area (Å²) >= 11 is 0. The second-order valence-electron chi connectivity index (χ2n) is 5.85. The predicted octanol–water partition coefficient (Wildman–Crippen LogP) is 1.45. The molecule has 1 fully saturated rings. The minimum absolute atomic E-state index is 0.103. The smallest absolute Gasteiger partial charge is 0.223 e. The maximum atomic E-state index is 11.7. The molecule has 5 nitrogen and oxygen atoms in total. The molecule has 1 atom stereocenters. The number of aryl methyl sites for hydroxylation is 1. The topological polar surface area (TPSA) is 78.4 Å². The molecule has 1 aliphatic carbocycles. The Labute approximate surface area is 131 Å². The molecular weight excluding hydrogens is 280 g/mol. The summed E-state index contributed by atoms with van der Waals surface area (Å²) in [5.74, 6) is 0.210. The lowest BCUT2D eigenvalue weighted by atomic mass is 10.0. The first-order valence-electron chi connectivity index (χ1n) is 7.86. The van der Waals surface area contributed by atoms with Gasteiger partial charge in [0.2, 0.25) is 11.8 Å². The van der Waals surface area contributed by atoms with Gasteiger partial charge in [-0.25, -0.2) is 0 Å². The van der Waals surface area contributed by atoms with E-state index in [-0.39, 0.29) is 24.3 Å². The highest BCUT2D eigenvalue weighted by molar-refractivity contribution is 5.81. The summed E-state index contributed by atoms with van der Waals surface area (Å²) in [5, 5.41) is 15.7. The number of nitrogens with one attached hydrogen (secondary N) is 2. The van der Waals surface area contributed by atoms with Crippen LogP contribution in [0, 0.1) is 12.8 Å². The van der Waals surface area contributed by atoms with Gasteiger partial charge in [0.25, 0.3) is 0 Å². The number of rotatable bonds is 8. The molecule has 1 aromatic carbocycles. The zero-order valence-corrected chi connectivity index (χ0v) is 13.0. The van der Waals surface area contributed by atoms with Gasteiger partial charge in [-0.1, -0.05) is 24.3 Å². The zero-order chi connectivity index (χ0) is 15.9. The Morgan fingerprint density at radius 3 is 2.68 bits per heavy atom. The molecule has 0 saturated heterocycles. The molecule has 1 aromatic rings. The first-order valence-corrected chi connectivity index (χ1v) is 7.86. The largest absolute Gasteiger partial charge is 0.387 e. The van der Waals surface area contributed by atoms with Crippen LogP contribution in [-0.2, 0) is 9.59 Å². The number of aliphatic hydroxyl groups excluding tert-OH is 1. The lowest BCUT2D eigenvalue weighted by Gasteiger charge is -2.14. The van der Waals surface area contributed by atoms with Gasteiger partial charge in [-0.15, -0.1) is 0 Å². The number of carbonyl (C=O) groups excluding carboxylic acids is 2. The third-order valence-corrected chi connectivity index (χ3v) is 3.87. The summed E-state index contributed by atoms with van der Waals surface area (Å²) in [4.78, 5) is 23.1. The van der Waals surface area contributed by atoms with Crippen molar-refractivity contribution in [3.05, 3.63) is 35.4 Å². The highest BCUT2D eigenvalue weighted by Gasteiger charge is 2.28. The maximum Gasteiger partial charge on any atom is 0.223 e. The quantitative estimate of drug-likeness (QED) is 0.636. The van der Waals surface area contributed by atoms with E-state index in [0.29, 0.717) is 19.4 Å². The number of amides is 2. The van der Waals surface area contributed by atoms with Gasteiger partial charge in [-0.05, 0) is 37.3 Å². The number of benzene rings is 1. The van der Waals surface area contributed by atoms with Gasteiger partial charge in [0.15, 0.2) is 0 Å². The molecule has 0 radical (unpaired) electrons. The Kier molecular flexibility index (Phi) is 5.95. The van der Waals surface area contributed by atoms with Gasteiger partial charge in [0, 0.05) is 25.4 Å². The molecule has 2 amide bonds. The van der Waals surface area contributed by atoms with Gasteiger partial charge >= 0.3 is 0 Å². The van der Waals surface area contributed by atoms with Crippen molar-refractivity contribution in [1.29, 1.82) is 0 Å². The van der Waals surface area contributed by atoms with Crippen molar-refractivity contribution >= 4 is 11.8 Å². The fourth-order valence-electron chi connectivity index (χ4n) is 2.32. The molecule has 5 heteroatoms. The van der Waals surface area contributed by atoms with E-state index < -0.39 is 6.10 Å². The van der Waals surface area contributed by atoms with Gasteiger partial charge in [-0.2, -0.15) is 0 Å². The van der Waals surface area contributed by atoms with Crippen LogP contribution in [0.3, 0.4) is 0 Å². The molecule has 1 saturated carbocycles. The monoisotopic (exact) mass is 304 g/mol. The van der Waals surface area contributed by atoms with Gasteiger partial charge in [0.1, 0.15) is 0 Å². The highest BCUT2D eigenvalue weighted by Crippen LogP contribution is 2.28. The summed E-state index contributed by atoms with van der Waals surface area (Å²) in [5.41, 5.74) is 1.84. The minimum Gasteiger partial charge on any atom is -0.387 e. The fraction of sp³-hybridized carbons (Fsp3) is 0.529. The number of hydrogen-bond acceptors (Lipinski definition) is 3. The van der Waals surface area contributed by atoms with E-state index in [9.17, 15) is 14.7 Å². The van der Waals surface area contributed by atoms with Crippen LogP contribution < -0.4 is 10.6 Å². The molecule has 1 unspecified atom stereocenters. The van der Waals surface area contributed by atoms with E-state index in [4.69, 9.17) is 0 Å². The summed E-state index contributed by atoms with van der Waals surface area (Å²) in [7, 11) is 0. The van der Waals surface area contributed by atoms with Crippen molar-refractivity contribution < 1.29 is 14.7 Å². The summed E-state index contributed by atoms with van der Waals surface area (Å²) in [6.45, 7) is 2.67. The molecule has 1 aliphatic rings.